The van der Waals surface area contributed by atoms with Crippen LogP contribution in [0.4, 0.5) is 0 Å². The summed E-state index contributed by atoms with van der Waals surface area (Å²) in [6.45, 7) is 1.73. The molecule has 32 heavy (non-hydrogen) atoms. The van der Waals surface area contributed by atoms with E-state index in [0.29, 0.717) is 27.1 Å². The summed E-state index contributed by atoms with van der Waals surface area (Å²) in [6.07, 6.45) is 0.284. The SMILES string of the molecule is Cc1ccc(C(=O)c2c(O)c(O)n(-c3nc4ccc(Cl)cc4s3)c2Cc2ccccc2)o1. The van der Waals surface area contributed by atoms with Crippen molar-refractivity contribution in [2.45, 2.75) is 13.3 Å². The third-order valence-electron chi connectivity index (χ3n) is 5.15. The summed E-state index contributed by atoms with van der Waals surface area (Å²) < 4.78 is 7.74. The van der Waals surface area contributed by atoms with Crippen LogP contribution >= 0.6 is 22.9 Å². The lowest BCUT2D eigenvalue weighted by Gasteiger charge is -2.09. The van der Waals surface area contributed by atoms with Crippen molar-refractivity contribution in [3.63, 3.8) is 0 Å². The molecule has 5 aromatic rings. The van der Waals surface area contributed by atoms with Gasteiger partial charge in [-0.15, -0.1) is 0 Å². The van der Waals surface area contributed by atoms with Gasteiger partial charge in [0.25, 0.3) is 0 Å². The molecule has 0 unspecified atom stereocenters. The van der Waals surface area contributed by atoms with Gasteiger partial charge in [-0.2, -0.15) is 0 Å². The Bertz CT molecular complexity index is 1470. The number of thiazole rings is 1. The summed E-state index contributed by atoms with van der Waals surface area (Å²) in [4.78, 5) is 17.9. The average Bonchev–Trinajstić information content (AvgIpc) is 3.45. The lowest BCUT2D eigenvalue weighted by atomic mass is 10.0. The molecule has 3 aromatic heterocycles. The number of hydrogen-bond donors (Lipinski definition) is 2. The van der Waals surface area contributed by atoms with Gasteiger partial charge < -0.3 is 14.6 Å². The Labute approximate surface area is 192 Å². The number of ketones is 1. The number of rotatable bonds is 5. The highest BCUT2D eigenvalue weighted by atomic mass is 35.5. The standard InChI is InChI=1S/C24H17ClN2O4S/c1-13-7-10-18(31-13)21(28)20-17(11-14-5-3-2-4-6-14)27(23(30)22(20)29)24-26-16-9-8-15(25)12-19(16)32-24/h2-10,12,29-30H,11H2,1H3. The molecule has 0 saturated heterocycles. The maximum atomic E-state index is 13.3. The van der Waals surface area contributed by atoms with E-state index in [4.69, 9.17) is 16.0 Å². The highest BCUT2D eigenvalue weighted by Gasteiger charge is 2.31. The normalized spacial score (nSPS) is 11.3. The summed E-state index contributed by atoms with van der Waals surface area (Å²) in [5.41, 5.74) is 2.00. The number of carbonyl (C=O) groups excluding carboxylic acids is 1. The molecule has 0 aliphatic heterocycles. The van der Waals surface area contributed by atoms with E-state index in [1.165, 1.54) is 15.9 Å². The van der Waals surface area contributed by atoms with Crippen molar-refractivity contribution in [1.82, 2.24) is 9.55 Å². The summed E-state index contributed by atoms with van der Waals surface area (Å²) in [5, 5.41) is 22.7. The summed E-state index contributed by atoms with van der Waals surface area (Å²) >= 11 is 7.41. The second-order valence-electron chi connectivity index (χ2n) is 7.34. The molecule has 160 valence electrons. The predicted octanol–water partition coefficient (Wildman–Crippen LogP) is 5.87. The fourth-order valence-corrected chi connectivity index (χ4v) is 4.93. The minimum atomic E-state index is -0.514. The van der Waals surface area contributed by atoms with Gasteiger partial charge >= 0.3 is 0 Å². The van der Waals surface area contributed by atoms with E-state index in [-0.39, 0.29) is 17.7 Å². The number of nitrogens with zero attached hydrogens (tertiary/aromatic N) is 2. The zero-order valence-corrected chi connectivity index (χ0v) is 18.4. The van der Waals surface area contributed by atoms with E-state index >= 15 is 0 Å². The van der Waals surface area contributed by atoms with E-state index in [9.17, 15) is 15.0 Å². The van der Waals surface area contributed by atoms with Crippen LogP contribution in [-0.4, -0.2) is 25.5 Å². The summed E-state index contributed by atoms with van der Waals surface area (Å²) in [6, 6.07) is 18.0. The Morgan fingerprint density at radius 3 is 2.62 bits per heavy atom. The quantitative estimate of drug-likeness (QED) is 0.317. The van der Waals surface area contributed by atoms with Crippen molar-refractivity contribution < 1.29 is 19.4 Å². The monoisotopic (exact) mass is 464 g/mol. The van der Waals surface area contributed by atoms with Crippen LogP contribution in [-0.2, 0) is 6.42 Å². The van der Waals surface area contributed by atoms with E-state index in [1.54, 1.807) is 37.3 Å². The minimum absolute atomic E-state index is 0.0157. The molecule has 0 saturated carbocycles. The number of halogens is 1. The number of aromatic nitrogens is 2. The Kier molecular flexibility index (Phi) is 5.00. The first kappa shape index (κ1) is 20.4. The van der Waals surface area contributed by atoms with Gasteiger partial charge in [-0.25, -0.2) is 4.98 Å². The lowest BCUT2D eigenvalue weighted by molar-refractivity contribution is 0.100. The minimum Gasteiger partial charge on any atom is -0.503 e. The molecule has 6 nitrogen and oxygen atoms in total. The van der Waals surface area contributed by atoms with Crippen molar-refractivity contribution in [3.8, 4) is 16.8 Å². The van der Waals surface area contributed by atoms with Gasteiger partial charge in [0.05, 0.1) is 15.8 Å². The van der Waals surface area contributed by atoms with Gasteiger partial charge in [0.2, 0.25) is 11.7 Å². The highest BCUT2D eigenvalue weighted by molar-refractivity contribution is 7.20. The molecule has 0 spiro atoms. The van der Waals surface area contributed by atoms with Crippen LogP contribution in [0.15, 0.2) is 65.1 Å². The molecule has 0 bridgehead atoms. The Morgan fingerprint density at radius 2 is 1.91 bits per heavy atom. The maximum absolute atomic E-state index is 13.3. The third kappa shape index (κ3) is 3.45. The van der Waals surface area contributed by atoms with Gasteiger partial charge in [0.15, 0.2) is 16.6 Å². The van der Waals surface area contributed by atoms with E-state index in [1.807, 2.05) is 30.3 Å². The Balaban J connectivity index is 1.74. The molecular weight excluding hydrogens is 448 g/mol. The topological polar surface area (TPSA) is 88.5 Å². The van der Waals surface area contributed by atoms with Crippen molar-refractivity contribution >= 4 is 38.9 Å². The van der Waals surface area contributed by atoms with Gasteiger partial charge in [-0.3, -0.25) is 9.36 Å². The number of benzene rings is 2. The van der Waals surface area contributed by atoms with Crippen LogP contribution in [0.5, 0.6) is 11.6 Å². The first-order valence-corrected chi connectivity index (χ1v) is 11.0. The lowest BCUT2D eigenvalue weighted by Crippen LogP contribution is -2.08. The van der Waals surface area contributed by atoms with Gasteiger partial charge in [-0.1, -0.05) is 53.3 Å². The second kappa shape index (κ2) is 7.85. The molecule has 2 aromatic carbocycles. The van der Waals surface area contributed by atoms with Gasteiger partial charge in [-0.05, 0) is 42.8 Å². The van der Waals surface area contributed by atoms with Crippen molar-refractivity contribution in [2.75, 3.05) is 0 Å². The fraction of sp³-hybridized carbons (Fsp3) is 0.0833. The average molecular weight is 465 g/mol. The molecule has 0 amide bonds. The molecular formula is C24H17ClN2O4S. The van der Waals surface area contributed by atoms with Crippen LogP contribution < -0.4 is 0 Å². The Morgan fingerprint density at radius 1 is 1.12 bits per heavy atom. The highest BCUT2D eigenvalue weighted by Crippen LogP contribution is 2.42. The molecule has 0 radical (unpaired) electrons. The van der Waals surface area contributed by atoms with Crippen molar-refractivity contribution in [1.29, 1.82) is 0 Å². The third-order valence-corrected chi connectivity index (χ3v) is 6.39. The van der Waals surface area contributed by atoms with Crippen LogP contribution in [0.2, 0.25) is 5.02 Å². The van der Waals surface area contributed by atoms with E-state index in [0.717, 1.165) is 10.3 Å². The van der Waals surface area contributed by atoms with Crippen molar-refractivity contribution in [2.24, 2.45) is 0 Å². The zero-order chi connectivity index (χ0) is 22.4. The fourth-order valence-electron chi connectivity index (χ4n) is 3.66. The van der Waals surface area contributed by atoms with Crippen LogP contribution in [0.3, 0.4) is 0 Å². The van der Waals surface area contributed by atoms with Crippen LogP contribution in [0.25, 0.3) is 15.3 Å². The molecule has 5 rings (SSSR count). The maximum Gasteiger partial charge on any atom is 0.242 e. The van der Waals surface area contributed by atoms with E-state index in [2.05, 4.69) is 4.98 Å². The first-order chi connectivity index (χ1) is 15.4. The van der Waals surface area contributed by atoms with Crippen molar-refractivity contribution in [3.05, 3.63) is 94.0 Å². The largest absolute Gasteiger partial charge is 0.503 e. The molecule has 2 N–H and O–H groups in total. The number of aryl methyl sites for hydroxylation is 1. The molecule has 0 aliphatic rings. The molecule has 3 heterocycles. The number of aromatic hydroxyl groups is 2. The molecule has 8 heteroatoms. The van der Waals surface area contributed by atoms with Crippen LogP contribution in [0.1, 0.15) is 33.1 Å². The number of fused-ring (bicyclic) bond motifs is 1. The molecule has 0 aliphatic carbocycles. The first-order valence-electron chi connectivity index (χ1n) is 9.79. The summed E-state index contributed by atoms with van der Waals surface area (Å²) in [5.74, 6) is -0.816. The second-order valence-corrected chi connectivity index (χ2v) is 8.79. The number of furan rings is 1. The van der Waals surface area contributed by atoms with Gasteiger partial charge in [0.1, 0.15) is 5.76 Å². The molecule has 0 atom stereocenters. The summed E-state index contributed by atoms with van der Waals surface area (Å²) in [7, 11) is 0. The van der Waals surface area contributed by atoms with Gasteiger partial charge in [0, 0.05) is 17.1 Å². The number of hydrogen-bond acceptors (Lipinski definition) is 6. The molecule has 0 fully saturated rings. The van der Waals surface area contributed by atoms with Crippen LogP contribution in [0, 0.1) is 6.92 Å². The predicted molar refractivity (Wildman–Crippen MR) is 123 cm³/mol. The number of carbonyl (C=O) groups is 1. The smallest absolute Gasteiger partial charge is 0.242 e. The Hall–Kier alpha value is -3.55. The zero-order valence-electron chi connectivity index (χ0n) is 16.9. The van der Waals surface area contributed by atoms with E-state index < -0.39 is 17.4 Å².